The third kappa shape index (κ3) is 5.87. The molecule has 1 saturated heterocycles. The van der Waals surface area contributed by atoms with Gasteiger partial charge in [-0.25, -0.2) is 9.40 Å². The number of carbonyl (C=O) groups excluding carboxylic acids is 2. The van der Waals surface area contributed by atoms with Crippen LogP contribution in [0.25, 0.3) is 0 Å². The van der Waals surface area contributed by atoms with Gasteiger partial charge in [0.05, 0.1) is 25.0 Å². The topological polar surface area (TPSA) is 65.5 Å². The Balaban J connectivity index is 1.39. The van der Waals surface area contributed by atoms with E-state index in [2.05, 4.69) is 10.0 Å². The number of hydrazone groups is 1. The molecule has 2 heterocycles. The van der Waals surface area contributed by atoms with Crippen LogP contribution in [0.5, 0.6) is 0 Å². The second kappa shape index (κ2) is 11.7. The van der Waals surface area contributed by atoms with Gasteiger partial charge in [0.25, 0.3) is 5.91 Å². The molecule has 3 aliphatic rings. The molecule has 2 aromatic carbocycles. The Kier molecular flexibility index (Phi) is 8.17. The third-order valence-corrected chi connectivity index (χ3v) is 7.83. The van der Waals surface area contributed by atoms with Crippen molar-refractivity contribution < 1.29 is 18.7 Å². The monoisotopic (exact) mass is 526 g/mol. The molecule has 1 aliphatic carbocycles. The first-order valence-electron chi connectivity index (χ1n) is 13.0. The summed E-state index contributed by atoms with van der Waals surface area (Å²) in [6, 6.07) is 13.1. The smallest absolute Gasteiger partial charge is 0.262 e. The quantitative estimate of drug-likeness (QED) is 0.519. The van der Waals surface area contributed by atoms with E-state index < -0.39 is 11.9 Å². The molecule has 2 aromatic rings. The molecule has 9 heteroatoms. The Morgan fingerprint density at radius 3 is 2.51 bits per heavy atom. The number of ether oxygens (including phenoxy) is 1. The number of nitrogens with zero attached hydrogens (tertiary/aromatic N) is 4. The van der Waals surface area contributed by atoms with E-state index in [0.717, 1.165) is 37.9 Å². The summed E-state index contributed by atoms with van der Waals surface area (Å²) < 4.78 is 20.3. The van der Waals surface area contributed by atoms with Crippen molar-refractivity contribution in [1.82, 2.24) is 14.8 Å². The standard InChI is InChI=1S/C28H32ClFN4O3/c29-23-10-3-1-8-21(23)25-18-26(22-9-2-4-11-24(22)30)34(31-25)27(35)19-33(28(36)20-6-5-7-20)13-12-32-14-16-37-17-15-32/h1-4,8-11,20,26H,5-7,12-19H2/t26-/m1/s1. The number of benzene rings is 2. The summed E-state index contributed by atoms with van der Waals surface area (Å²) in [6.07, 6.45) is 3.09. The van der Waals surface area contributed by atoms with Crippen LogP contribution >= 0.6 is 11.6 Å². The lowest BCUT2D eigenvalue weighted by atomic mass is 9.84. The van der Waals surface area contributed by atoms with E-state index in [1.165, 1.54) is 11.1 Å². The first-order chi connectivity index (χ1) is 18.0. The molecule has 2 aliphatic heterocycles. The van der Waals surface area contributed by atoms with E-state index in [9.17, 15) is 14.0 Å². The van der Waals surface area contributed by atoms with Crippen molar-refractivity contribution in [2.45, 2.75) is 31.7 Å². The number of hydrogen-bond donors (Lipinski definition) is 0. The Morgan fingerprint density at radius 2 is 1.81 bits per heavy atom. The third-order valence-electron chi connectivity index (χ3n) is 7.50. The van der Waals surface area contributed by atoms with Crippen LogP contribution in [-0.4, -0.2) is 78.3 Å². The van der Waals surface area contributed by atoms with Crippen molar-refractivity contribution >= 4 is 29.1 Å². The summed E-state index contributed by atoms with van der Waals surface area (Å²) in [4.78, 5) is 30.9. The maximum atomic E-state index is 14.9. The van der Waals surface area contributed by atoms with E-state index in [-0.39, 0.29) is 24.3 Å². The molecule has 0 bridgehead atoms. The lowest BCUT2D eigenvalue weighted by Crippen LogP contribution is -2.49. The molecule has 0 spiro atoms. The first-order valence-corrected chi connectivity index (χ1v) is 13.4. The highest BCUT2D eigenvalue weighted by Gasteiger charge is 2.37. The Bertz CT molecular complexity index is 1170. The van der Waals surface area contributed by atoms with Crippen molar-refractivity contribution in [2.24, 2.45) is 11.0 Å². The van der Waals surface area contributed by atoms with Gasteiger partial charge in [-0.15, -0.1) is 0 Å². The average Bonchev–Trinajstić information content (AvgIpc) is 3.31. The number of halogens is 2. The fourth-order valence-corrected chi connectivity index (χ4v) is 5.33. The van der Waals surface area contributed by atoms with Crippen LogP contribution < -0.4 is 0 Å². The average molecular weight is 527 g/mol. The highest BCUT2D eigenvalue weighted by molar-refractivity contribution is 6.34. The molecule has 2 amide bonds. The first kappa shape index (κ1) is 25.8. The molecule has 0 radical (unpaired) electrons. The second-order valence-electron chi connectivity index (χ2n) is 9.85. The molecule has 5 rings (SSSR count). The van der Waals surface area contributed by atoms with Crippen LogP contribution in [-0.2, 0) is 14.3 Å². The summed E-state index contributed by atoms with van der Waals surface area (Å²) in [5.41, 5.74) is 1.74. The predicted molar refractivity (Wildman–Crippen MR) is 140 cm³/mol. The lowest BCUT2D eigenvalue weighted by molar-refractivity contribution is -0.145. The fraction of sp³-hybridized carbons (Fsp3) is 0.464. The van der Waals surface area contributed by atoms with Gasteiger partial charge in [-0.05, 0) is 25.0 Å². The Hall–Kier alpha value is -2.81. The van der Waals surface area contributed by atoms with E-state index >= 15 is 0 Å². The summed E-state index contributed by atoms with van der Waals surface area (Å²) in [5, 5.41) is 6.52. The molecule has 0 aromatic heterocycles. The van der Waals surface area contributed by atoms with Gasteiger partial charge in [0.15, 0.2) is 0 Å². The van der Waals surface area contributed by atoms with Crippen molar-refractivity contribution in [3.05, 3.63) is 70.5 Å². The van der Waals surface area contributed by atoms with Crippen molar-refractivity contribution in [3.63, 3.8) is 0 Å². The van der Waals surface area contributed by atoms with Gasteiger partial charge in [-0.1, -0.05) is 54.4 Å². The summed E-state index contributed by atoms with van der Waals surface area (Å²) in [5.74, 6) is -0.731. The molecular weight excluding hydrogens is 495 g/mol. The van der Waals surface area contributed by atoms with Crippen LogP contribution in [0.4, 0.5) is 4.39 Å². The zero-order valence-corrected chi connectivity index (χ0v) is 21.6. The van der Waals surface area contributed by atoms with Gasteiger partial charge >= 0.3 is 0 Å². The van der Waals surface area contributed by atoms with Crippen LogP contribution in [0, 0.1) is 11.7 Å². The van der Waals surface area contributed by atoms with Gasteiger partial charge in [0, 0.05) is 54.7 Å². The number of morpholine rings is 1. The number of hydrogen-bond acceptors (Lipinski definition) is 5. The lowest BCUT2D eigenvalue weighted by Gasteiger charge is -2.34. The molecule has 196 valence electrons. The van der Waals surface area contributed by atoms with Gasteiger partial charge < -0.3 is 9.64 Å². The minimum Gasteiger partial charge on any atom is -0.379 e. The van der Waals surface area contributed by atoms with E-state index in [0.29, 0.717) is 49.0 Å². The summed E-state index contributed by atoms with van der Waals surface area (Å²) >= 11 is 6.43. The Labute approximate surface area is 221 Å². The summed E-state index contributed by atoms with van der Waals surface area (Å²) in [7, 11) is 0. The normalized spacial score (nSPS) is 20.4. The predicted octanol–water partition coefficient (Wildman–Crippen LogP) is 4.12. The highest BCUT2D eigenvalue weighted by atomic mass is 35.5. The summed E-state index contributed by atoms with van der Waals surface area (Å²) in [6.45, 7) is 4.02. The van der Waals surface area contributed by atoms with Crippen molar-refractivity contribution in [3.8, 4) is 0 Å². The number of rotatable bonds is 8. The van der Waals surface area contributed by atoms with Gasteiger partial charge in [-0.2, -0.15) is 5.10 Å². The van der Waals surface area contributed by atoms with Gasteiger partial charge in [0.1, 0.15) is 12.4 Å². The minimum absolute atomic E-state index is 0.0183. The van der Waals surface area contributed by atoms with E-state index in [1.54, 1.807) is 29.2 Å². The largest absolute Gasteiger partial charge is 0.379 e. The van der Waals surface area contributed by atoms with Crippen LogP contribution in [0.3, 0.4) is 0 Å². The van der Waals surface area contributed by atoms with Crippen LogP contribution in [0.1, 0.15) is 42.9 Å². The fourth-order valence-electron chi connectivity index (χ4n) is 5.09. The number of carbonyl (C=O) groups is 2. The van der Waals surface area contributed by atoms with Gasteiger partial charge in [-0.3, -0.25) is 14.5 Å². The molecule has 37 heavy (non-hydrogen) atoms. The SMILES string of the molecule is O=C(C1CCC1)N(CCN1CCOCC1)CC(=O)N1N=C(c2ccccc2Cl)C[C@@H]1c1ccccc1F. The van der Waals surface area contributed by atoms with Gasteiger partial charge in [0.2, 0.25) is 5.91 Å². The molecular formula is C28H32ClFN4O3. The van der Waals surface area contributed by atoms with E-state index in [4.69, 9.17) is 16.3 Å². The zero-order chi connectivity index (χ0) is 25.8. The maximum absolute atomic E-state index is 14.9. The second-order valence-corrected chi connectivity index (χ2v) is 10.3. The maximum Gasteiger partial charge on any atom is 0.262 e. The number of amides is 2. The van der Waals surface area contributed by atoms with Crippen LogP contribution in [0.2, 0.25) is 5.02 Å². The van der Waals surface area contributed by atoms with Crippen LogP contribution in [0.15, 0.2) is 53.6 Å². The van der Waals surface area contributed by atoms with Crippen molar-refractivity contribution in [1.29, 1.82) is 0 Å². The highest BCUT2D eigenvalue weighted by Crippen LogP contribution is 2.36. The van der Waals surface area contributed by atoms with E-state index in [1.807, 2.05) is 18.2 Å². The van der Waals surface area contributed by atoms with Crippen molar-refractivity contribution in [2.75, 3.05) is 45.9 Å². The molecule has 0 N–H and O–H groups in total. The molecule has 2 fully saturated rings. The molecule has 1 saturated carbocycles. The molecule has 0 unspecified atom stereocenters. The molecule has 7 nitrogen and oxygen atoms in total. The molecule has 1 atom stereocenters. The zero-order valence-electron chi connectivity index (χ0n) is 20.8. The minimum atomic E-state index is -0.611. The Morgan fingerprint density at radius 1 is 1.08 bits per heavy atom.